The number of methoxy groups -OCH3 is 1. The molecule has 0 aliphatic carbocycles. The van der Waals surface area contributed by atoms with Crippen molar-refractivity contribution in [3.05, 3.63) is 28.2 Å². The lowest BCUT2D eigenvalue weighted by Gasteiger charge is -2.14. The van der Waals surface area contributed by atoms with Gasteiger partial charge in [-0.15, -0.1) is 0 Å². The van der Waals surface area contributed by atoms with E-state index in [0.717, 1.165) is 15.8 Å². The minimum atomic E-state index is -0.0318. The van der Waals surface area contributed by atoms with E-state index in [-0.39, 0.29) is 6.04 Å². The van der Waals surface area contributed by atoms with Crippen LogP contribution in [-0.4, -0.2) is 20.3 Å². The maximum atomic E-state index is 5.84. The van der Waals surface area contributed by atoms with Gasteiger partial charge in [-0.05, 0) is 19.1 Å². The molecule has 4 heteroatoms. The Bertz CT molecular complexity index is 315. The predicted molar refractivity (Wildman–Crippen MR) is 64.1 cm³/mol. The minimum Gasteiger partial charge on any atom is -0.491 e. The SMILES string of the molecule is COCCOc1cc(Br)ccc1C(C)N. The minimum absolute atomic E-state index is 0.0318. The van der Waals surface area contributed by atoms with E-state index in [4.69, 9.17) is 15.2 Å². The lowest BCUT2D eigenvalue weighted by molar-refractivity contribution is 0.145. The van der Waals surface area contributed by atoms with Crippen molar-refractivity contribution < 1.29 is 9.47 Å². The Morgan fingerprint density at radius 1 is 1.40 bits per heavy atom. The standard InChI is InChI=1S/C11H16BrNO2/c1-8(13)10-4-3-9(12)7-11(10)15-6-5-14-2/h3-4,7-8H,5-6,13H2,1-2H3. The van der Waals surface area contributed by atoms with Gasteiger partial charge in [0, 0.05) is 23.2 Å². The number of halogens is 1. The summed E-state index contributed by atoms with van der Waals surface area (Å²) in [5.41, 5.74) is 6.85. The molecule has 0 aliphatic rings. The molecule has 1 unspecified atom stereocenters. The first-order chi connectivity index (χ1) is 7.15. The molecule has 3 nitrogen and oxygen atoms in total. The fourth-order valence-electron chi connectivity index (χ4n) is 1.24. The van der Waals surface area contributed by atoms with Gasteiger partial charge in [0.2, 0.25) is 0 Å². The van der Waals surface area contributed by atoms with Gasteiger partial charge in [0.25, 0.3) is 0 Å². The summed E-state index contributed by atoms with van der Waals surface area (Å²) in [6.07, 6.45) is 0. The van der Waals surface area contributed by atoms with Crippen LogP contribution in [-0.2, 0) is 4.74 Å². The molecular formula is C11H16BrNO2. The van der Waals surface area contributed by atoms with Crippen LogP contribution in [0.3, 0.4) is 0 Å². The van der Waals surface area contributed by atoms with E-state index in [9.17, 15) is 0 Å². The molecule has 0 radical (unpaired) electrons. The highest BCUT2D eigenvalue weighted by Gasteiger charge is 2.08. The second-order valence-corrected chi connectivity index (χ2v) is 4.23. The van der Waals surface area contributed by atoms with Crippen LogP contribution in [0.1, 0.15) is 18.5 Å². The molecule has 0 spiro atoms. The predicted octanol–water partition coefficient (Wildman–Crippen LogP) is 2.49. The summed E-state index contributed by atoms with van der Waals surface area (Å²) in [5, 5.41) is 0. The average Bonchev–Trinajstić information content (AvgIpc) is 2.18. The molecule has 0 fully saturated rings. The summed E-state index contributed by atoms with van der Waals surface area (Å²) in [6.45, 7) is 3.05. The molecular weight excluding hydrogens is 258 g/mol. The first-order valence-corrected chi connectivity index (χ1v) is 5.61. The number of nitrogens with two attached hydrogens (primary N) is 1. The molecule has 1 rings (SSSR count). The van der Waals surface area contributed by atoms with Crippen molar-refractivity contribution in [1.82, 2.24) is 0 Å². The Morgan fingerprint density at radius 3 is 2.73 bits per heavy atom. The third-order valence-corrected chi connectivity index (χ3v) is 2.50. The van der Waals surface area contributed by atoms with Crippen LogP contribution in [0.15, 0.2) is 22.7 Å². The summed E-state index contributed by atoms with van der Waals surface area (Å²) in [4.78, 5) is 0. The second kappa shape index (κ2) is 6.10. The van der Waals surface area contributed by atoms with E-state index in [1.807, 2.05) is 25.1 Å². The Labute approximate surface area is 98.7 Å². The Morgan fingerprint density at radius 2 is 2.13 bits per heavy atom. The highest BCUT2D eigenvalue weighted by molar-refractivity contribution is 9.10. The Kier molecular flexibility index (Phi) is 5.08. The summed E-state index contributed by atoms with van der Waals surface area (Å²) in [7, 11) is 1.65. The van der Waals surface area contributed by atoms with E-state index in [2.05, 4.69) is 15.9 Å². The van der Waals surface area contributed by atoms with Crippen LogP contribution < -0.4 is 10.5 Å². The molecule has 0 saturated heterocycles. The van der Waals surface area contributed by atoms with Gasteiger partial charge in [0.05, 0.1) is 6.61 Å². The van der Waals surface area contributed by atoms with E-state index < -0.39 is 0 Å². The molecule has 0 aromatic heterocycles. The molecule has 0 saturated carbocycles. The van der Waals surface area contributed by atoms with Crippen LogP contribution in [0.5, 0.6) is 5.75 Å². The Balaban J connectivity index is 2.77. The molecule has 0 bridgehead atoms. The van der Waals surface area contributed by atoms with E-state index in [1.165, 1.54) is 0 Å². The van der Waals surface area contributed by atoms with Crippen LogP contribution in [0.4, 0.5) is 0 Å². The third kappa shape index (κ3) is 3.81. The molecule has 0 aliphatic heterocycles. The lowest BCUT2D eigenvalue weighted by Crippen LogP contribution is -2.10. The van der Waals surface area contributed by atoms with Crippen molar-refractivity contribution in [3.8, 4) is 5.75 Å². The number of hydrogen-bond acceptors (Lipinski definition) is 3. The van der Waals surface area contributed by atoms with Crippen molar-refractivity contribution in [2.75, 3.05) is 20.3 Å². The van der Waals surface area contributed by atoms with Crippen LogP contribution >= 0.6 is 15.9 Å². The smallest absolute Gasteiger partial charge is 0.125 e. The van der Waals surface area contributed by atoms with E-state index in [1.54, 1.807) is 7.11 Å². The second-order valence-electron chi connectivity index (χ2n) is 3.31. The molecule has 1 aromatic carbocycles. The highest BCUT2D eigenvalue weighted by Crippen LogP contribution is 2.27. The van der Waals surface area contributed by atoms with Gasteiger partial charge in [-0.25, -0.2) is 0 Å². The zero-order valence-electron chi connectivity index (χ0n) is 9.00. The van der Waals surface area contributed by atoms with Crippen LogP contribution in [0.25, 0.3) is 0 Å². The molecule has 1 aromatic rings. The average molecular weight is 274 g/mol. The number of rotatable bonds is 5. The Hall–Kier alpha value is -0.580. The summed E-state index contributed by atoms with van der Waals surface area (Å²) in [6, 6.07) is 5.82. The van der Waals surface area contributed by atoms with Gasteiger partial charge in [-0.2, -0.15) is 0 Å². The van der Waals surface area contributed by atoms with Crippen molar-refractivity contribution >= 4 is 15.9 Å². The van der Waals surface area contributed by atoms with Gasteiger partial charge in [-0.3, -0.25) is 0 Å². The van der Waals surface area contributed by atoms with E-state index >= 15 is 0 Å². The topological polar surface area (TPSA) is 44.5 Å². The zero-order valence-corrected chi connectivity index (χ0v) is 10.6. The largest absolute Gasteiger partial charge is 0.491 e. The number of ether oxygens (including phenoxy) is 2. The molecule has 84 valence electrons. The summed E-state index contributed by atoms with van der Waals surface area (Å²) >= 11 is 3.40. The molecule has 0 heterocycles. The lowest BCUT2D eigenvalue weighted by atomic mass is 10.1. The quantitative estimate of drug-likeness (QED) is 0.839. The normalized spacial score (nSPS) is 12.5. The fourth-order valence-corrected chi connectivity index (χ4v) is 1.58. The van der Waals surface area contributed by atoms with Gasteiger partial charge in [-0.1, -0.05) is 22.0 Å². The highest BCUT2D eigenvalue weighted by atomic mass is 79.9. The van der Waals surface area contributed by atoms with E-state index in [0.29, 0.717) is 13.2 Å². The molecule has 15 heavy (non-hydrogen) atoms. The van der Waals surface area contributed by atoms with Gasteiger partial charge in [0.15, 0.2) is 0 Å². The van der Waals surface area contributed by atoms with Gasteiger partial charge < -0.3 is 15.2 Å². The number of hydrogen-bond donors (Lipinski definition) is 1. The first kappa shape index (κ1) is 12.5. The zero-order chi connectivity index (χ0) is 11.3. The maximum absolute atomic E-state index is 5.84. The summed E-state index contributed by atoms with van der Waals surface area (Å²) < 4.78 is 11.5. The molecule has 1 atom stereocenters. The molecule has 2 N–H and O–H groups in total. The van der Waals surface area contributed by atoms with Crippen LogP contribution in [0, 0.1) is 0 Å². The van der Waals surface area contributed by atoms with Gasteiger partial charge in [0.1, 0.15) is 12.4 Å². The maximum Gasteiger partial charge on any atom is 0.125 e. The fraction of sp³-hybridized carbons (Fsp3) is 0.455. The monoisotopic (exact) mass is 273 g/mol. The van der Waals surface area contributed by atoms with Crippen molar-refractivity contribution in [3.63, 3.8) is 0 Å². The van der Waals surface area contributed by atoms with Crippen LogP contribution in [0.2, 0.25) is 0 Å². The van der Waals surface area contributed by atoms with Gasteiger partial charge >= 0.3 is 0 Å². The molecule has 0 amide bonds. The van der Waals surface area contributed by atoms with Crippen molar-refractivity contribution in [1.29, 1.82) is 0 Å². The van der Waals surface area contributed by atoms with Crippen molar-refractivity contribution in [2.45, 2.75) is 13.0 Å². The number of benzene rings is 1. The summed E-state index contributed by atoms with van der Waals surface area (Å²) in [5.74, 6) is 0.816. The first-order valence-electron chi connectivity index (χ1n) is 4.82. The van der Waals surface area contributed by atoms with Crippen molar-refractivity contribution in [2.24, 2.45) is 5.73 Å². The third-order valence-electron chi connectivity index (χ3n) is 2.01.